The number of hydrogen-bond donors (Lipinski definition) is 1. The number of hydrogen-bond acceptors (Lipinski definition) is 5. The van der Waals surface area contributed by atoms with Gasteiger partial charge < -0.3 is 5.32 Å². The Morgan fingerprint density at radius 1 is 1.00 bits per heavy atom. The lowest BCUT2D eigenvalue weighted by atomic mass is 10.2. The maximum atomic E-state index is 12.6. The average molecular weight is 481 g/mol. The summed E-state index contributed by atoms with van der Waals surface area (Å²) in [5, 5.41) is 13.1. The number of rotatable bonds is 7. The van der Waals surface area contributed by atoms with Gasteiger partial charge in [-0.25, -0.2) is 0 Å². The van der Waals surface area contributed by atoms with Crippen molar-refractivity contribution in [3.05, 3.63) is 83.4 Å². The number of carbonyl (C=O) groups is 1. The van der Waals surface area contributed by atoms with Crippen molar-refractivity contribution in [1.82, 2.24) is 14.8 Å². The van der Waals surface area contributed by atoms with Crippen LogP contribution in [0.4, 0.5) is 5.69 Å². The van der Waals surface area contributed by atoms with Crippen molar-refractivity contribution in [2.24, 2.45) is 0 Å². The van der Waals surface area contributed by atoms with E-state index >= 15 is 0 Å². The lowest BCUT2D eigenvalue weighted by Crippen LogP contribution is -2.15. The molecule has 0 atom stereocenters. The van der Waals surface area contributed by atoms with Crippen molar-refractivity contribution in [1.29, 1.82) is 0 Å². The first-order valence-corrected chi connectivity index (χ1v) is 12.5. The number of benzene rings is 3. The molecule has 0 radical (unpaired) electrons. The van der Waals surface area contributed by atoms with Gasteiger partial charge in [0.1, 0.15) is 0 Å². The molecule has 1 aromatic heterocycles. The summed E-state index contributed by atoms with van der Waals surface area (Å²) in [6.07, 6.45) is 1.99. The van der Waals surface area contributed by atoms with Crippen LogP contribution in [0.5, 0.6) is 0 Å². The van der Waals surface area contributed by atoms with Gasteiger partial charge in [-0.05, 0) is 61.7 Å². The molecule has 0 fully saturated rings. The molecule has 0 saturated carbocycles. The van der Waals surface area contributed by atoms with Crippen molar-refractivity contribution in [3.8, 4) is 17.1 Å². The average Bonchev–Trinajstić information content (AvgIpc) is 3.23. The number of aromatic nitrogens is 3. The Kier molecular flexibility index (Phi) is 7.19. The third-order valence-electron chi connectivity index (χ3n) is 4.74. The summed E-state index contributed by atoms with van der Waals surface area (Å²) in [6.45, 7) is 2.04. The molecule has 0 spiro atoms. The number of thioether (sulfide) groups is 2. The maximum Gasteiger partial charge on any atom is 0.234 e. The predicted molar refractivity (Wildman–Crippen MR) is 134 cm³/mol. The van der Waals surface area contributed by atoms with Crippen LogP contribution in [0.3, 0.4) is 0 Å². The van der Waals surface area contributed by atoms with E-state index in [1.54, 1.807) is 11.8 Å². The summed E-state index contributed by atoms with van der Waals surface area (Å²) in [4.78, 5) is 13.7. The second-order valence-electron chi connectivity index (χ2n) is 7.02. The fourth-order valence-corrected chi connectivity index (χ4v) is 4.57. The van der Waals surface area contributed by atoms with Crippen LogP contribution in [0.15, 0.2) is 82.8 Å². The number of carbonyl (C=O) groups excluding carboxylic acids is 1. The van der Waals surface area contributed by atoms with Crippen LogP contribution in [0.2, 0.25) is 5.02 Å². The van der Waals surface area contributed by atoms with Gasteiger partial charge in [0.05, 0.1) is 11.4 Å². The van der Waals surface area contributed by atoms with Crippen molar-refractivity contribution < 1.29 is 4.79 Å². The summed E-state index contributed by atoms with van der Waals surface area (Å²) in [5.41, 5.74) is 3.80. The minimum Gasteiger partial charge on any atom is -0.324 e. The van der Waals surface area contributed by atoms with Crippen LogP contribution < -0.4 is 5.32 Å². The van der Waals surface area contributed by atoms with Crippen molar-refractivity contribution >= 4 is 46.7 Å². The second-order valence-corrected chi connectivity index (χ2v) is 9.25. The molecule has 32 heavy (non-hydrogen) atoms. The molecule has 4 rings (SSSR count). The van der Waals surface area contributed by atoms with E-state index in [0.29, 0.717) is 16.0 Å². The van der Waals surface area contributed by atoms with Gasteiger partial charge in [-0.3, -0.25) is 9.36 Å². The Hall–Kier alpha value is -2.74. The van der Waals surface area contributed by atoms with E-state index in [-0.39, 0.29) is 11.7 Å². The highest BCUT2D eigenvalue weighted by molar-refractivity contribution is 7.99. The van der Waals surface area contributed by atoms with Crippen LogP contribution in [0, 0.1) is 6.92 Å². The molecule has 0 bridgehead atoms. The Labute approximate surface area is 200 Å². The minimum absolute atomic E-state index is 0.0944. The smallest absolute Gasteiger partial charge is 0.234 e. The van der Waals surface area contributed by atoms with E-state index in [9.17, 15) is 4.79 Å². The fourth-order valence-electron chi connectivity index (χ4n) is 3.14. The molecule has 1 N–H and O–H groups in total. The lowest BCUT2D eigenvalue weighted by molar-refractivity contribution is -0.113. The van der Waals surface area contributed by atoms with E-state index in [0.717, 1.165) is 27.4 Å². The SMILES string of the molecule is CSc1ccccc1NC(=O)CSc1nnc(-c2ccc(Cl)cc2)n1-c1ccc(C)cc1. The molecule has 1 heterocycles. The Morgan fingerprint density at radius 2 is 1.72 bits per heavy atom. The number of para-hydroxylation sites is 1. The molecule has 5 nitrogen and oxygen atoms in total. The third-order valence-corrected chi connectivity index (χ3v) is 6.72. The monoisotopic (exact) mass is 480 g/mol. The topological polar surface area (TPSA) is 59.8 Å². The molecule has 4 aromatic rings. The van der Waals surface area contributed by atoms with E-state index < -0.39 is 0 Å². The van der Waals surface area contributed by atoms with Crippen LogP contribution in [-0.2, 0) is 4.79 Å². The van der Waals surface area contributed by atoms with E-state index in [2.05, 4.69) is 15.5 Å². The van der Waals surface area contributed by atoms with Crippen molar-refractivity contribution in [2.45, 2.75) is 17.0 Å². The van der Waals surface area contributed by atoms with E-state index in [1.165, 1.54) is 11.8 Å². The van der Waals surface area contributed by atoms with Crippen molar-refractivity contribution in [2.75, 3.05) is 17.3 Å². The Morgan fingerprint density at radius 3 is 2.44 bits per heavy atom. The fraction of sp³-hybridized carbons (Fsp3) is 0.125. The van der Waals surface area contributed by atoms with Gasteiger partial charge in [0.25, 0.3) is 0 Å². The molecule has 0 saturated heterocycles. The summed E-state index contributed by atoms with van der Waals surface area (Å²) in [5.74, 6) is 0.817. The first-order chi connectivity index (χ1) is 15.5. The van der Waals surface area contributed by atoms with Gasteiger partial charge >= 0.3 is 0 Å². The Bertz CT molecular complexity index is 1220. The number of nitrogens with zero attached hydrogens (tertiary/aromatic N) is 3. The zero-order chi connectivity index (χ0) is 22.5. The molecular formula is C24H21ClN4OS2. The first-order valence-electron chi connectivity index (χ1n) is 9.89. The van der Waals surface area contributed by atoms with Crippen LogP contribution >= 0.6 is 35.1 Å². The lowest BCUT2D eigenvalue weighted by Gasteiger charge is -2.12. The number of anilines is 1. The Balaban J connectivity index is 1.60. The largest absolute Gasteiger partial charge is 0.324 e. The quantitative estimate of drug-likeness (QED) is 0.312. The van der Waals surface area contributed by atoms with Crippen LogP contribution in [0.1, 0.15) is 5.56 Å². The van der Waals surface area contributed by atoms with Crippen LogP contribution in [0.25, 0.3) is 17.1 Å². The van der Waals surface area contributed by atoms with Gasteiger partial charge in [0, 0.05) is 21.2 Å². The van der Waals surface area contributed by atoms with Crippen LogP contribution in [-0.4, -0.2) is 32.7 Å². The normalized spacial score (nSPS) is 10.8. The second kappa shape index (κ2) is 10.3. The van der Waals surface area contributed by atoms with E-state index in [4.69, 9.17) is 11.6 Å². The molecule has 0 aliphatic carbocycles. The molecule has 1 amide bonds. The highest BCUT2D eigenvalue weighted by atomic mass is 35.5. The predicted octanol–water partition coefficient (Wildman–Crippen LogP) is 6.35. The highest BCUT2D eigenvalue weighted by Gasteiger charge is 2.17. The molecule has 0 aliphatic heterocycles. The molecular weight excluding hydrogens is 460 g/mol. The minimum atomic E-state index is -0.0944. The number of amides is 1. The van der Waals surface area contributed by atoms with Gasteiger partial charge in [-0.2, -0.15) is 0 Å². The van der Waals surface area contributed by atoms with Gasteiger partial charge in [-0.15, -0.1) is 22.0 Å². The van der Waals surface area contributed by atoms with Gasteiger partial charge in [0.15, 0.2) is 11.0 Å². The summed E-state index contributed by atoms with van der Waals surface area (Å²) >= 11 is 9.01. The zero-order valence-corrected chi connectivity index (χ0v) is 20.0. The third kappa shape index (κ3) is 5.18. The highest BCUT2D eigenvalue weighted by Crippen LogP contribution is 2.29. The zero-order valence-electron chi connectivity index (χ0n) is 17.6. The van der Waals surface area contributed by atoms with Crippen molar-refractivity contribution in [3.63, 3.8) is 0 Å². The summed E-state index contributed by atoms with van der Waals surface area (Å²) < 4.78 is 1.97. The number of nitrogens with one attached hydrogen (secondary N) is 1. The first kappa shape index (κ1) is 22.5. The van der Waals surface area contributed by atoms with Gasteiger partial charge in [-0.1, -0.05) is 53.2 Å². The molecule has 0 aliphatic rings. The van der Waals surface area contributed by atoms with E-state index in [1.807, 2.05) is 90.5 Å². The molecule has 8 heteroatoms. The molecule has 162 valence electrons. The maximum absolute atomic E-state index is 12.6. The molecule has 3 aromatic carbocycles. The number of aryl methyl sites for hydroxylation is 1. The standard InChI is InChI=1S/C24H21ClN4OS2/c1-16-7-13-19(14-8-16)29-23(17-9-11-18(25)12-10-17)27-28-24(29)32-15-22(30)26-20-5-3-4-6-21(20)31-2/h3-14H,15H2,1-2H3,(H,26,30). The van der Waals surface area contributed by atoms with Gasteiger partial charge in [0.2, 0.25) is 5.91 Å². The summed E-state index contributed by atoms with van der Waals surface area (Å²) in [7, 11) is 0. The molecule has 0 unspecified atom stereocenters. The number of halogens is 1. The summed E-state index contributed by atoms with van der Waals surface area (Å²) in [6, 6.07) is 23.4.